The first-order valence-electron chi connectivity index (χ1n) is 15.7. The summed E-state index contributed by atoms with van der Waals surface area (Å²) in [7, 11) is -2.02. The van der Waals surface area contributed by atoms with E-state index in [2.05, 4.69) is 85.8 Å². The van der Waals surface area contributed by atoms with E-state index in [0.717, 1.165) is 35.9 Å². The molecule has 1 amide bonds. The molecule has 3 aliphatic rings. The Labute approximate surface area is 259 Å². The third-order valence-corrected chi connectivity index (χ3v) is 14.3. The second-order valence-electron chi connectivity index (χ2n) is 14.2. The molecule has 3 fully saturated rings. The third-order valence-electron chi connectivity index (χ3n) is 9.74. The molecule has 0 aromatic carbocycles. The molecule has 1 saturated heterocycles. The number of hydrogen-bond acceptors (Lipinski definition) is 9. The van der Waals surface area contributed by atoms with E-state index in [1.54, 1.807) is 6.20 Å². The highest BCUT2D eigenvalue weighted by Crippen LogP contribution is 2.47. The van der Waals surface area contributed by atoms with Crippen molar-refractivity contribution in [2.45, 2.75) is 95.5 Å². The van der Waals surface area contributed by atoms with E-state index in [1.807, 2.05) is 25.3 Å². The van der Waals surface area contributed by atoms with Crippen LogP contribution in [0.4, 0.5) is 11.6 Å². The Balaban J connectivity index is 1.14. The summed E-state index contributed by atoms with van der Waals surface area (Å²) in [5.41, 5.74) is 3.11. The van der Waals surface area contributed by atoms with Gasteiger partial charge in [-0.15, -0.1) is 0 Å². The van der Waals surface area contributed by atoms with E-state index in [0.29, 0.717) is 24.1 Å². The lowest BCUT2D eigenvalue weighted by molar-refractivity contribution is -0.117. The van der Waals surface area contributed by atoms with Gasteiger partial charge in [0, 0.05) is 61.3 Å². The standard InChI is InChI=1S/C32H41N9O2Si/c1-19-9-10-33-29(37-19)23-12-24(23)30(42)39-27-13-28(36-18-35-27)41-16-22(43-44(5,6)32(2,3)4)11-26(41)25-17-40-15-21(20-7-8-20)14-34-31(40)38-25/h9-10,13-15,17-18,20,22-24,26H,7-8,11-12,16H2,1-6H3,(H,35,36,39,42)/t22-,23-,24-,26+/m0/s1. The van der Waals surface area contributed by atoms with Crippen molar-refractivity contribution in [2.24, 2.45) is 5.92 Å². The number of amides is 1. The van der Waals surface area contributed by atoms with Crippen molar-refractivity contribution in [2.75, 3.05) is 16.8 Å². The quantitative estimate of drug-likeness (QED) is 0.254. The molecule has 1 aliphatic heterocycles. The van der Waals surface area contributed by atoms with Gasteiger partial charge in [-0.2, -0.15) is 0 Å². The molecule has 44 heavy (non-hydrogen) atoms. The number of imidazole rings is 1. The zero-order chi connectivity index (χ0) is 30.8. The second-order valence-corrected chi connectivity index (χ2v) is 19.0. The van der Waals surface area contributed by atoms with Gasteiger partial charge in [0.05, 0.1) is 17.8 Å². The number of aromatic nitrogens is 7. The fourth-order valence-corrected chi connectivity index (χ4v) is 7.28. The lowest BCUT2D eigenvalue weighted by Crippen LogP contribution is -2.44. The molecule has 4 aromatic heterocycles. The number of carbonyl (C=O) groups is 1. The lowest BCUT2D eigenvalue weighted by atomic mass is 10.1. The Bertz CT molecular complexity index is 1710. The zero-order valence-electron chi connectivity index (χ0n) is 26.4. The predicted octanol–water partition coefficient (Wildman–Crippen LogP) is 5.58. The fraction of sp³-hybridized carbons (Fsp3) is 0.531. The van der Waals surface area contributed by atoms with Crippen LogP contribution in [-0.2, 0) is 9.22 Å². The largest absolute Gasteiger partial charge is 0.412 e. The number of hydrogen-bond donors (Lipinski definition) is 1. The van der Waals surface area contributed by atoms with Crippen LogP contribution < -0.4 is 10.2 Å². The van der Waals surface area contributed by atoms with Crippen LogP contribution in [0.3, 0.4) is 0 Å². The topological polar surface area (TPSA) is 123 Å². The highest BCUT2D eigenvalue weighted by atomic mass is 28.4. The van der Waals surface area contributed by atoms with E-state index >= 15 is 0 Å². The molecule has 11 nitrogen and oxygen atoms in total. The Kier molecular flexibility index (Phi) is 7.04. The van der Waals surface area contributed by atoms with Crippen molar-refractivity contribution in [1.29, 1.82) is 0 Å². The zero-order valence-corrected chi connectivity index (χ0v) is 27.4. The molecule has 12 heteroatoms. The summed E-state index contributed by atoms with van der Waals surface area (Å²) in [6, 6.07) is 3.67. The van der Waals surface area contributed by atoms with Crippen LogP contribution in [0.1, 0.15) is 87.1 Å². The number of rotatable bonds is 8. The van der Waals surface area contributed by atoms with Gasteiger partial charge >= 0.3 is 0 Å². The van der Waals surface area contributed by atoms with Gasteiger partial charge in [0.1, 0.15) is 23.8 Å². The van der Waals surface area contributed by atoms with Gasteiger partial charge in [0.15, 0.2) is 8.32 Å². The molecule has 2 saturated carbocycles. The molecular formula is C32H41N9O2Si. The van der Waals surface area contributed by atoms with E-state index in [4.69, 9.17) is 9.41 Å². The monoisotopic (exact) mass is 611 g/mol. The molecule has 0 bridgehead atoms. The molecule has 1 N–H and O–H groups in total. The molecule has 230 valence electrons. The number of aryl methyl sites for hydroxylation is 1. The number of anilines is 2. The first-order chi connectivity index (χ1) is 20.9. The summed E-state index contributed by atoms with van der Waals surface area (Å²) in [5, 5.41) is 3.12. The van der Waals surface area contributed by atoms with Gasteiger partial charge in [-0.3, -0.25) is 9.20 Å². The second kappa shape index (κ2) is 10.7. The summed E-state index contributed by atoms with van der Waals surface area (Å²) in [5.74, 6) is 3.07. The Morgan fingerprint density at radius 3 is 2.64 bits per heavy atom. The van der Waals surface area contributed by atoms with E-state index in [1.165, 1.54) is 24.7 Å². The molecule has 5 heterocycles. The lowest BCUT2D eigenvalue weighted by Gasteiger charge is -2.38. The molecule has 7 rings (SSSR count). The van der Waals surface area contributed by atoms with Crippen LogP contribution in [0.25, 0.3) is 5.78 Å². The number of carbonyl (C=O) groups excluding carboxylic acids is 1. The van der Waals surface area contributed by atoms with Gasteiger partial charge in [0.2, 0.25) is 11.7 Å². The first-order valence-corrected chi connectivity index (χ1v) is 18.6. The number of fused-ring (bicyclic) bond motifs is 1. The summed E-state index contributed by atoms with van der Waals surface area (Å²) >= 11 is 0. The Morgan fingerprint density at radius 2 is 1.89 bits per heavy atom. The normalized spacial score (nSPS) is 23.7. The third kappa shape index (κ3) is 5.72. The SMILES string of the molecule is Cc1ccnc([C@H]2C[C@@H]2C(=O)Nc2cc(N3C[C@@H](O[Si](C)(C)C(C)(C)C)C[C@@H]3c3cn4cc(C5CC5)cnc4n3)ncn2)n1. The Hall–Kier alpha value is -3.77. The van der Waals surface area contributed by atoms with E-state index in [-0.39, 0.29) is 34.9 Å². The minimum atomic E-state index is -2.02. The van der Waals surface area contributed by atoms with E-state index in [9.17, 15) is 4.79 Å². The van der Waals surface area contributed by atoms with Crippen molar-refractivity contribution >= 4 is 31.6 Å². The summed E-state index contributed by atoms with van der Waals surface area (Å²) in [4.78, 5) is 43.0. The van der Waals surface area contributed by atoms with Crippen molar-refractivity contribution in [3.05, 3.63) is 66.0 Å². The minimum Gasteiger partial charge on any atom is -0.412 e. The van der Waals surface area contributed by atoms with Crippen LogP contribution in [0.2, 0.25) is 18.1 Å². The minimum absolute atomic E-state index is 0.0234. The van der Waals surface area contributed by atoms with Crippen LogP contribution >= 0.6 is 0 Å². The molecule has 2 aliphatic carbocycles. The average Bonchev–Trinajstić information content (AvgIpc) is 3.89. The molecule has 4 atom stereocenters. The predicted molar refractivity (Wildman–Crippen MR) is 170 cm³/mol. The van der Waals surface area contributed by atoms with Crippen LogP contribution in [0.5, 0.6) is 0 Å². The molecule has 0 unspecified atom stereocenters. The van der Waals surface area contributed by atoms with Crippen molar-refractivity contribution < 1.29 is 9.22 Å². The van der Waals surface area contributed by atoms with Gasteiger partial charge < -0.3 is 14.6 Å². The average molecular weight is 612 g/mol. The molecular weight excluding hydrogens is 570 g/mol. The highest BCUT2D eigenvalue weighted by molar-refractivity contribution is 6.74. The van der Waals surface area contributed by atoms with Crippen molar-refractivity contribution in [1.82, 2.24) is 34.3 Å². The summed E-state index contributed by atoms with van der Waals surface area (Å²) in [6.07, 6.45) is 13.5. The molecule has 0 radical (unpaired) electrons. The number of nitrogens with one attached hydrogen (secondary N) is 1. The van der Waals surface area contributed by atoms with Crippen LogP contribution in [-0.4, -0.2) is 61.2 Å². The molecule has 0 spiro atoms. The van der Waals surface area contributed by atoms with E-state index < -0.39 is 8.32 Å². The van der Waals surface area contributed by atoms with Gasteiger partial charge in [-0.1, -0.05) is 20.8 Å². The maximum absolute atomic E-state index is 13.2. The Morgan fingerprint density at radius 1 is 1.07 bits per heavy atom. The molecule has 4 aromatic rings. The van der Waals surface area contributed by atoms with Gasteiger partial charge in [-0.25, -0.2) is 29.9 Å². The number of nitrogens with zero attached hydrogens (tertiary/aromatic N) is 8. The summed E-state index contributed by atoms with van der Waals surface area (Å²) < 4.78 is 8.97. The smallest absolute Gasteiger partial charge is 0.234 e. The van der Waals surface area contributed by atoms with Gasteiger partial charge in [-0.05, 0) is 61.9 Å². The van der Waals surface area contributed by atoms with Crippen molar-refractivity contribution in [3.8, 4) is 0 Å². The maximum Gasteiger partial charge on any atom is 0.234 e. The van der Waals surface area contributed by atoms with Gasteiger partial charge in [0.25, 0.3) is 0 Å². The van der Waals surface area contributed by atoms with Crippen LogP contribution in [0.15, 0.2) is 43.2 Å². The maximum atomic E-state index is 13.2. The highest BCUT2D eigenvalue weighted by Gasteiger charge is 2.47. The summed E-state index contributed by atoms with van der Waals surface area (Å²) in [6.45, 7) is 14.0. The fourth-order valence-electron chi connectivity index (χ4n) is 5.93. The first kappa shape index (κ1) is 29.0. The van der Waals surface area contributed by atoms with Crippen molar-refractivity contribution in [3.63, 3.8) is 0 Å². The van der Waals surface area contributed by atoms with Crippen LogP contribution in [0, 0.1) is 12.8 Å².